The summed E-state index contributed by atoms with van der Waals surface area (Å²) in [5, 5.41) is 0. The fourth-order valence-corrected chi connectivity index (χ4v) is 1.58. The van der Waals surface area contributed by atoms with E-state index >= 15 is 0 Å². The van der Waals surface area contributed by atoms with Gasteiger partial charge in [-0.15, -0.1) is 0 Å². The Labute approximate surface area is 94.2 Å². The van der Waals surface area contributed by atoms with Gasteiger partial charge >= 0.3 is 0 Å². The lowest BCUT2D eigenvalue weighted by atomic mass is 10.1. The molecular formula is C11H17F2N3. The summed E-state index contributed by atoms with van der Waals surface area (Å²) >= 11 is 0. The molecule has 0 radical (unpaired) electrons. The minimum atomic E-state index is -0.433. The Bertz CT molecular complexity index is 342. The molecule has 0 heterocycles. The topological polar surface area (TPSA) is 41.3 Å². The van der Waals surface area contributed by atoms with Crippen molar-refractivity contribution in [3.8, 4) is 0 Å². The molecule has 90 valence electrons. The molecule has 3 N–H and O–H groups in total. The first kappa shape index (κ1) is 13.0. The molecule has 0 amide bonds. The zero-order chi connectivity index (χ0) is 12.1. The zero-order valence-corrected chi connectivity index (χ0v) is 9.50. The highest BCUT2D eigenvalue weighted by atomic mass is 19.1. The van der Waals surface area contributed by atoms with Crippen LogP contribution in [0.3, 0.4) is 0 Å². The molecule has 5 heteroatoms. The summed E-state index contributed by atoms with van der Waals surface area (Å²) < 4.78 is 26.3. The lowest BCUT2D eigenvalue weighted by Gasteiger charge is -2.20. The Morgan fingerprint density at radius 1 is 1.38 bits per heavy atom. The molecule has 0 aliphatic carbocycles. The summed E-state index contributed by atoms with van der Waals surface area (Å²) in [6, 6.07) is 3.34. The number of benzene rings is 1. The van der Waals surface area contributed by atoms with Gasteiger partial charge < -0.3 is 4.90 Å². The Hall–Kier alpha value is -1.04. The third kappa shape index (κ3) is 3.84. The van der Waals surface area contributed by atoms with Crippen LogP contribution in [0, 0.1) is 11.6 Å². The van der Waals surface area contributed by atoms with Gasteiger partial charge in [0.15, 0.2) is 0 Å². The highest BCUT2D eigenvalue weighted by Crippen LogP contribution is 2.12. The van der Waals surface area contributed by atoms with Gasteiger partial charge in [0.2, 0.25) is 0 Å². The summed E-state index contributed by atoms with van der Waals surface area (Å²) in [6.45, 7) is 0.659. The number of nitrogens with two attached hydrogens (primary N) is 1. The fraction of sp³-hybridized carbons (Fsp3) is 0.455. The van der Waals surface area contributed by atoms with E-state index in [1.54, 1.807) is 0 Å². The number of likely N-dealkylation sites (N-methyl/N-ethyl adjacent to an activating group) is 1. The number of nitrogens with one attached hydrogen (secondary N) is 1. The Balaban J connectivity index is 2.73. The van der Waals surface area contributed by atoms with Crippen LogP contribution in [0.5, 0.6) is 0 Å². The van der Waals surface area contributed by atoms with Crippen molar-refractivity contribution in [3.63, 3.8) is 0 Å². The first-order valence-electron chi connectivity index (χ1n) is 5.07. The van der Waals surface area contributed by atoms with Crippen molar-refractivity contribution >= 4 is 0 Å². The lowest BCUT2D eigenvalue weighted by Crippen LogP contribution is -2.43. The Morgan fingerprint density at radius 3 is 2.62 bits per heavy atom. The Morgan fingerprint density at radius 2 is 2.06 bits per heavy atom. The molecule has 0 aromatic heterocycles. The summed E-state index contributed by atoms with van der Waals surface area (Å²) in [6.07, 6.45) is 0.359. The molecule has 1 rings (SSSR count). The van der Waals surface area contributed by atoms with Gasteiger partial charge in [0, 0.05) is 12.6 Å². The largest absolute Gasteiger partial charge is 0.308 e. The van der Waals surface area contributed by atoms with Crippen molar-refractivity contribution in [2.75, 3.05) is 20.6 Å². The van der Waals surface area contributed by atoms with Crippen molar-refractivity contribution in [1.29, 1.82) is 0 Å². The monoisotopic (exact) mass is 229 g/mol. The molecule has 0 saturated heterocycles. The van der Waals surface area contributed by atoms with Crippen LogP contribution in [0.15, 0.2) is 18.2 Å². The van der Waals surface area contributed by atoms with Crippen LogP contribution < -0.4 is 11.3 Å². The van der Waals surface area contributed by atoms with Gasteiger partial charge in [0.1, 0.15) is 11.6 Å². The molecule has 0 aliphatic heterocycles. The third-order valence-electron chi connectivity index (χ3n) is 2.30. The highest BCUT2D eigenvalue weighted by molar-refractivity contribution is 5.19. The van der Waals surface area contributed by atoms with E-state index in [0.29, 0.717) is 18.5 Å². The average Bonchev–Trinajstić information content (AvgIpc) is 2.21. The predicted molar refractivity (Wildman–Crippen MR) is 59.7 cm³/mol. The Kier molecular flexibility index (Phi) is 4.79. The van der Waals surface area contributed by atoms with Gasteiger partial charge in [-0.3, -0.25) is 11.3 Å². The van der Waals surface area contributed by atoms with Crippen LogP contribution in [0.4, 0.5) is 8.78 Å². The molecule has 1 aromatic rings. The molecule has 3 nitrogen and oxygen atoms in total. The van der Waals surface area contributed by atoms with Crippen molar-refractivity contribution in [3.05, 3.63) is 35.4 Å². The second-order valence-corrected chi connectivity index (χ2v) is 4.07. The fourth-order valence-electron chi connectivity index (χ4n) is 1.58. The van der Waals surface area contributed by atoms with Crippen LogP contribution in [0.2, 0.25) is 0 Å². The quantitative estimate of drug-likeness (QED) is 0.582. The third-order valence-corrected chi connectivity index (χ3v) is 2.30. The van der Waals surface area contributed by atoms with E-state index < -0.39 is 11.6 Å². The van der Waals surface area contributed by atoms with Gasteiger partial charge in [-0.1, -0.05) is 0 Å². The molecule has 16 heavy (non-hydrogen) atoms. The second kappa shape index (κ2) is 5.89. The van der Waals surface area contributed by atoms with Crippen molar-refractivity contribution in [2.24, 2.45) is 5.84 Å². The van der Waals surface area contributed by atoms with E-state index in [9.17, 15) is 8.78 Å². The number of hydrogen-bond donors (Lipinski definition) is 2. The van der Waals surface area contributed by atoms with E-state index in [1.165, 1.54) is 6.07 Å². The number of halogens is 2. The van der Waals surface area contributed by atoms with Gasteiger partial charge in [-0.2, -0.15) is 0 Å². The van der Waals surface area contributed by atoms with Crippen LogP contribution in [-0.4, -0.2) is 31.6 Å². The first-order chi connectivity index (χ1) is 7.52. The first-order valence-corrected chi connectivity index (χ1v) is 5.07. The molecule has 1 unspecified atom stereocenters. The second-order valence-electron chi connectivity index (χ2n) is 4.07. The van der Waals surface area contributed by atoms with Crippen molar-refractivity contribution < 1.29 is 8.78 Å². The predicted octanol–water partition coefficient (Wildman–Crippen LogP) is 0.901. The van der Waals surface area contributed by atoms with Crippen LogP contribution in [-0.2, 0) is 6.42 Å². The SMILES string of the molecule is CN(C)CC(Cc1cc(F)ccc1F)NN. The molecule has 0 spiro atoms. The minimum absolute atomic E-state index is 0.105. The van der Waals surface area contributed by atoms with E-state index in [1.807, 2.05) is 19.0 Å². The molecule has 1 aromatic carbocycles. The minimum Gasteiger partial charge on any atom is -0.308 e. The summed E-state index contributed by atoms with van der Waals surface area (Å²) in [4.78, 5) is 1.93. The van der Waals surface area contributed by atoms with Gasteiger partial charge in [0.25, 0.3) is 0 Å². The van der Waals surface area contributed by atoms with Gasteiger partial charge in [-0.05, 0) is 44.3 Å². The van der Waals surface area contributed by atoms with Gasteiger partial charge in [-0.25, -0.2) is 8.78 Å². The standard InChI is InChI=1S/C11H17F2N3/c1-16(2)7-10(15-14)6-8-5-9(12)3-4-11(8)13/h3-5,10,15H,6-7,14H2,1-2H3. The molecule has 0 saturated carbocycles. The molecule has 0 bridgehead atoms. The number of hydrogen-bond acceptors (Lipinski definition) is 3. The van der Waals surface area contributed by atoms with E-state index in [2.05, 4.69) is 5.43 Å². The summed E-state index contributed by atoms with van der Waals surface area (Å²) in [7, 11) is 3.79. The number of rotatable bonds is 5. The van der Waals surface area contributed by atoms with Crippen LogP contribution in [0.1, 0.15) is 5.56 Å². The molecule has 1 atom stereocenters. The van der Waals surface area contributed by atoms with Crippen LogP contribution in [0.25, 0.3) is 0 Å². The van der Waals surface area contributed by atoms with Crippen molar-refractivity contribution in [1.82, 2.24) is 10.3 Å². The summed E-state index contributed by atoms with van der Waals surface area (Å²) in [5.74, 6) is 4.53. The average molecular weight is 229 g/mol. The number of hydrazine groups is 1. The number of nitrogens with zero attached hydrogens (tertiary/aromatic N) is 1. The zero-order valence-electron chi connectivity index (χ0n) is 9.50. The summed E-state index contributed by atoms with van der Waals surface area (Å²) in [5.41, 5.74) is 2.94. The normalized spacial score (nSPS) is 13.1. The molecule has 0 aliphatic rings. The smallest absolute Gasteiger partial charge is 0.126 e. The maximum absolute atomic E-state index is 13.4. The van der Waals surface area contributed by atoms with Gasteiger partial charge in [0.05, 0.1) is 0 Å². The maximum Gasteiger partial charge on any atom is 0.126 e. The highest BCUT2D eigenvalue weighted by Gasteiger charge is 2.12. The molecular weight excluding hydrogens is 212 g/mol. The van der Waals surface area contributed by atoms with Crippen molar-refractivity contribution in [2.45, 2.75) is 12.5 Å². The molecule has 0 fully saturated rings. The van der Waals surface area contributed by atoms with Crippen LogP contribution >= 0.6 is 0 Å². The van der Waals surface area contributed by atoms with E-state index in [4.69, 9.17) is 5.84 Å². The maximum atomic E-state index is 13.4. The lowest BCUT2D eigenvalue weighted by molar-refractivity contribution is 0.336. The van der Waals surface area contributed by atoms with E-state index in [-0.39, 0.29) is 6.04 Å². The van der Waals surface area contributed by atoms with E-state index in [0.717, 1.165) is 12.1 Å².